The Hall–Kier alpha value is 0.0900. The zero-order chi connectivity index (χ0) is 13.9. The molecule has 1 aliphatic carbocycles. The van der Waals surface area contributed by atoms with Gasteiger partial charge >= 0.3 is 0 Å². The van der Waals surface area contributed by atoms with E-state index >= 15 is 0 Å². The van der Waals surface area contributed by atoms with Crippen LogP contribution in [0.1, 0.15) is 43.4 Å². The number of nitrogens with one attached hydrogen (secondary N) is 1. The zero-order valence-corrected chi connectivity index (χ0v) is 14.3. The van der Waals surface area contributed by atoms with Crippen molar-refractivity contribution in [1.82, 2.24) is 4.72 Å². The lowest BCUT2D eigenvalue weighted by Gasteiger charge is -2.09. The molecule has 1 N–H and O–H groups in total. The van der Waals surface area contributed by atoms with Gasteiger partial charge in [-0.1, -0.05) is 25.7 Å². The van der Waals surface area contributed by atoms with Crippen LogP contribution in [0.15, 0.2) is 14.7 Å². The van der Waals surface area contributed by atoms with Gasteiger partial charge < -0.3 is 0 Å². The van der Waals surface area contributed by atoms with E-state index in [2.05, 4.69) is 20.7 Å². The highest BCUT2D eigenvalue weighted by atomic mass is 79.9. The monoisotopic (exact) mass is 365 g/mol. The van der Waals surface area contributed by atoms with Crippen LogP contribution in [0, 0.1) is 12.8 Å². The molecule has 108 valence electrons. The second-order valence-corrected chi connectivity index (χ2v) is 9.53. The van der Waals surface area contributed by atoms with Crippen LogP contribution in [0.2, 0.25) is 0 Å². The third-order valence-corrected chi connectivity index (χ3v) is 6.96. The molecular weight excluding hydrogens is 346 g/mol. The molecule has 19 heavy (non-hydrogen) atoms. The third kappa shape index (κ3) is 4.28. The summed E-state index contributed by atoms with van der Waals surface area (Å²) in [5, 5.41) is 0. The maximum Gasteiger partial charge on any atom is 0.241 e. The second-order valence-electron chi connectivity index (χ2n) is 5.16. The van der Waals surface area contributed by atoms with Crippen molar-refractivity contribution >= 4 is 37.3 Å². The highest BCUT2D eigenvalue weighted by Gasteiger charge is 2.19. The van der Waals surface area contributed by atoms with E-state index in [4.69, 9.17) is 0 Å². The topological polar surface area (TPSA) is 46.2 Å². The van der Waals surface area contributed by atoms with E-state index < -0.39 is 10.0 Å². The Morgan fingerprint density at radius 2 is 2.11 bits per heavy atom. The molecule has 1 aliphatic rings. The molecule has 1 saturated carbocycles. The molecule has 3 nitrogen and oxygen atoms in total. The Morgan fingerprint density at radius 3 is 2.68 bits per heavy atom. The van der Waals surface area contributed by atoms with Gasteiger partial charge in [-0.3, -0.25) is 0 Å². The minimum absolute atomic E-state index is 0.408. The van der Waals surface area contributed by atoms with Crippen LogP contribution in [0.5, 0.6) is 0 Å². The molecule has 0 radical (unpaired) electrons. The van der Waals surface area contributed by atoms with Crippen LogP contribution in [0.3, 0.4) is 0 Å². The summed E-state index contributed by atoms with van der Waals surface area (Å²) in [4.78, 5) is 1.24. The minimum atomic E-state index is -3.34. The molecule has 0 atom stereocenters. The average molecular weight is 366 g/mol. The lowest BCUT2D eigenvalue weighted by Crippen LogP contribution is -2.25. The fourth-order valence-electron chi connectivity index (χ4n) is 2.67. The van der Waals surface area contributed by atoms with Crippen molar-refractivity contribution in [3.8, 4) is 0 Å². The molecule has 0 amide bonds. The average Bonchev–Trinajstić information content (AvgIpc) is 2.94. The van der Waals surface area contributed by atoms with Gasteiger partial charge in [0.1, 0.15) is 0 Å². The summed E-state index contributed by atoms with van der Waals surface area (Å²) in [7, 11) is -3.34. The Balaban J connectivity index is 1.82. The van der Waals surface area contributed by atoms with Crippen LogP contribution in [0.25, 0.3) is 0 Å². The maximum absolute atomic E-state index is 12.1. The van der Waals surface area contributed by atoms with E-state index in [0.29, 0.717) is 11.4 Å². The number of sulfonamides is 1. The predicted octanol–water partition coefficient (Wildman–Crippen LogP) is 4.07. The summed E-state index contributed by atoms with van der Waals surface area (Å²) >= 11 is 4.78. The van der Waals surface area contributed by atoms with E-state index in [0.717, 1.165) is 27.4 Å². The normalized spacial score (nSPS) is 17.2. The number of halogens is 1. The molecule has 1 aromatic rings. The summed E-state index contributed by atoms with van der Waals surface area (Å²) in [5.74, 6) is 0.821. The van der Waals surface area contributed by atoms with Crippen molar-refractivity contribution in [1.29, 1.82) is 0 Å². The molecule has 0 aromatic carbocycles. The van der Waals surface area contributed by atoms with E-state index in [1.54, 1.807) is 6.07 Å². The van der Waals surface area contributed by atoms with Crippen molar-refractivity contribution in [2.24, 2.45) is 5.92 Å². The molecular formula is C13H20BrNO2S2. The Bertz CT molecular complexity index is 519. The molecule has 2 rings (SSSR count). The van der Waals surface area contributed by atoms with Gasteiger partial charge in [-0.25, -0.2) is 13.1 Å². The van der Waals surface area contributed by atoms with E-state index in [9.17, 15) is 8.42 Å². The van der Waals surface area contributed by atoms with Gasteiger partial charge in [-0.15, -0.1) is 11.3 Å². The standard InChI is InChI=1S/C13H20BrNO2S2/c1-10-12(9-13(14)18-10)19(16,17)15-8-4-7-11-5-2-3-6-11/h9,11,15H,2-8H2,1H3. The van der Waals surface area contributed by atoms with Crippen molar-refractivity contribution < 1.29 is 8.42 Å². The summed E-state index contributed by atoms with van der Waals surface area (Å²) < 4.78 is 27.8. The van der Waals surface area contributed by atoms with Gasteiger partial charge in [-0.2, -0.15) is 0 Å². The number of hydrogen-bond acceptors (Lipinski definition) is 3. The van der Waals surface area contributed by atoms with E-state index in [1.165, 1.54) is 37.0 Å². The van der Waals surface area contributed by atoms with Crippen molar-refractivity contribution in [2.75, 3.05) is 6.54 Å². The first kappa shape index (κ1) is 15.5. The quantitative estimate of drug-likeness (QED) is 0.772. The SMILES string of the molecule is Cc1sc(Br)cc1S(=O)(=O)NCCCC1CCCC1. The fraction of sp³-hybridized carbons (Fsp3) is 0.692. The van der Waals surface area contributed by atoms with Gasteiger partial charge in [-0.05, 0) is 47.7 Å². The number of hydrogen-bond donors (Lipinski definition) is 1. The molecule has 6 heteroatoms. The summed E-state index contributed by atoms with van der Waals surface area (Å²) in [6.07, 6.45) is 7.42. The zero-order valence-electron chi connectivity index (χ0n) is 11.1. The van der Waals surface area contributed by atoms with Crippen LogP contribution in [0.4, 0.5) is 0 Å². The van der Waals surface area contributed by atoms with E-state index in [1.807, 2.05) is 6.92 Å². The second kappa shape index (κ2) is 6.70. The van der Waals surface area contributed by atoms with Gasteiger partial charge in [0.2, 0.25) is 10.0 Å². The molecule has 1 aromatic heterocycles. The first-order chi connectivity index (χ1) is 8.99. The van der Waals surface area contributed by atoms with Crippen LogP contribution >= 0.6 is 27.3 Å². The molecule has 0 saturated heterocycles. The van der Waals surface area contributed by atoms with Gasteiger partial charge in [0.25, 0.3) is 0 Å². The van der Waals surface area contributed by atoms with Gasteiger partial charge in [0, 0.05) is 11.4 Å². The minimum Gasteiger partial charge on any atom is -0.211 e. The first-order valence-corrected chi connectivity index (χ1v) is 9.84. The van der Waals surface area contributed by atoms with Crippen LogP contribution < -0.4 is 4.72 Å². The highest BCUT2D eigenvalue weighted by Crippen LogP contribution is 2.30. The van der Waals surface area contributed by atoms with Gasteiger partial charge in [0.15, 0.2) is 0 Å². The third-order valence-electron chi connectivity index (χ3n) is 3.69. The summed E-state index contributed by atoms with van der Waals surface area (Å²) in [6.45, 7) is 2.38. The smallest absolute Gasteiger partial charge is 0.211 e. The highest BCUT2D eigenvalue weighted by molar-refractivity contribution is 9.11. The first-order valence-electron chi connectivity index (χ1n) is 6.74. The molecule has 0 bridgehead atoms. The lowest BCUT2D eigenvalue weighted by molar-refractivity contribution is 0.480. The summed E-state index contributed by atoms with van der Waals surface area (Å²) in [5.41, 5.74) is 0. The number of aryl methyl sites for hydroxylation is 1. The number of thiophene rings is 1. The van der Waals surface area contributed by atoms with Gasteiger partial charge in [0.05, 0.1) is 8.68 Å². The summed E-state index contributed by atoms with van der Waals surface area (Å²) in [6, 6.07) is 1.68. The maximum atomic E-state index is 12.1. The van der Waals surface area contributed by atoms with Crippen molar-refractivity contribution in [2.45, 2.75) is 50.3 Å². The Morgan fingerprint density at radius 1 is 1.42 bits per heavy atom. The van der Waals surface area contributed by atoms with E-state index in [-0.39, 0.29) is 0 Å². The molecule has 1 heterocycles. The molecule has 0 spiro atoms. The fourth-order valence-corrected chi connectivity index (χ4v) is 6.16. The predicted molar refractivity (Wildman–Crippen MR) is 83.1 cm³/mol. The molecule has 1 fully saturated rings. The largest absolute Gasteiger partial charge is 0.241 e. The molecule has 0 aliphatic heterocycles. The Labute approximate surface area is 128 Å². The van der Waals surface area contributed by atoms with Crippen LogP contribution in [-0.4, -0.2) is 15.0 Å². The van der Waals surface area contributed by atoms with Crippen molar-refractivity contribution in [3.63, 3.8) is 0 Å². The van der Waals surface area contributed by atoms with Crippen LogP contribution in [-0.2, 0) is 10.0 Å². The lowest BCUT2D eigenvalue weighted by atomic mass is 10.0. The Kier molecular flexibility index (Phi) is 5.45. The van der Waals surface area contributed by atoms with Crippen molar-refractivity contribution in [3.05, 3.63) is 14.7 Å². The number of rotatable bonds is 6. The molecule has 0 unspecified atom stereocenters.